The molecule has 0 unspecified atom stereocenters. The van der Waals surface area contributed by atoms with Crippen LogP contribution in [-0.4, -0.2) is 45.0 Å². The Kier molecular flexibility index (Phi) is 7.42. The first kappa shape index (κ1) is 24.8. The number of fused-ring (bicyclic) bond motifs is 3. The third-order valence-corrected chi connectivity index (χ3v) is 7.29. The van der Waals surface area contributed by atoms with Crippen molar-refractivity contribution < 1.29 is 19.1 Å². The number of rotatable bonds is 6. The van der Waals surface area contributed by atoms with Crippen molar-refractivity contribution >= 4 is 46.3 Å². The van der Waals surface area contributed by atoms with Crippen LogP contribution in [0.15, 0.2) is 42.5 Å². The number of carbonyl (C=O) groups excluding carboxylic acids is 3. The van der Waals surface area contributed by atoms with Gasteiger partial charge in [0.15, 0.2) is 0 Å². The predicted molar refractivity (Wildman–Crippen MR) is 139 cm³/mol. The van der Waals surface area contributed by atoms with Crippen LogP contribution >= 0.6 is 22.9 Å². The van der Waals surface area contributed by atoms with E-state index in [-0.39, 0.29) is 17.7 Å². The normalized spacial score (nSPS) is 12.0. The summed E-state index contributed by atoms with van der Waals surface area (Å²) in [6.45, 7) is 2.99. The SMILES string of the molecule is CCCNC(=O)c1ccc(Cl)c(N(C)C(=O)c2cc3c(s2)-c2ccc(C(=O)NC)cc2OCC3)c1. The molecule has 0 aliphatic carbocycles. The van der Waals surface area contributed by atoms with E-state index in [0.29, 0.717) is 52.0 Å². The molecule has 2 N–H and O–H groups in total. The van der Waals surface area contributed by atoms with Crippen LogP contribution in [0.4, 0.5) is 5.69 Å². The van der Waals surface area contributed by atoms with E-state index in [4.69, 9.17) is 16.3 Å². The van der Waals surface area contributed by atoms with Gasteiger partial charge in [-0.3, -0.25) is 14.4 Å². The Morgan fingerprint density at radius 1 is 1.09 bits per heavy atom. The first-order valence-electron chi connectivity index (χ1n) is 11.3. The van der Waals surface area contributed by atoms with Gasteiger partial charge in [0.1, 0.15) is 5.75 Å². The van der Waals surface area contributed by atoms with Crippen molar-refractivity contribution in [2.45, 2.75) is 19.8 Å². The highest BCUT2D eigenvalue weighted by molar-refractivity contribution is 7.17. The largest absolute Gasteiger partial charge is 0.493 e. The highest BCUT2D eigenvalue weighted by atomic mass is 35.5. The molecule has 0 bridgehead atoms. The Balaban J connectivity index is 1.64. The summed E-state index contributed by atoms with van der Waals surface area (Å²) in [4.78, 5) is 40.8. The Bertz CT molecular complexity index is 1300. The molecule has 3 amide bonds. The van der Waals surface area contributed by atoms with Gasteiger partial charge in [0.25, 0.3) is 17.7 Å². The average molecular weight is 512 g/mol. The maximum atomic E-state index is 13.4. The number of halogens is 1. The summed E-state index contributed by atoms with van der Waals surface area (Å²) in [5, 5.41) is 5.84. The van der Waals surface area contributed by atoms with Crippen LogP contribution in [0.2, 0.25) is 5.02 Å². The lowest BCUT2D eigenvalue weighted by molar-refractivity contribution is 0.0948. The molecule has 1 aliphatic heterocycles. The molecule has 182 valence electrons. The number of thiophene rings is 1. The Hall–Kier alpha value is -3.36. The van der Waals surface area contributed by atoms with Gasteiger partial charge in [0.2, 0.25) is 0 Å². The van der Waals surface area contributed by atoms with E-state index in [2.05, 4.69) is 10.6 Å². The van der Waals surface area contributed by atoms with Crippen molar-refractivity contribution in [1.82, 2.24) is 10.6 Å². The van der Waals surface area contributed by atoms with Crippen LogP contribution in [0.3, 0.4) is 0 Å². The second kappa shape index (κ2) is 10.5. The summed E-state index contributed by atoms with van der Waals surface area (Å²) in [5.74, 6) is 0.00152. The van der Waals surface area contributed by atoms with Gasteiger partial charge in [-0.2, -0.15) is 0 Å². The van der Waals surface area contributed by atoms with Gasteiger partial charge in [0.05, 0.1) is 22.2 Å². The lowest BCUT2D eigenvalue weighted by Gasteiger charge is -2.19. The summed E-state index contributed by atoms with van der Waals surface area (Å²) in [6.07, 6.45) is 1.47. The fraction of sp³-hybridized carbons (Fsp3) is 0.269. The monoisotopic (exact) mass is 511 g/mol. The van der Waals surface area contributed by atoms with Crippen molar-refractivity contribution in [1.29, 1.82) is 0 Å². The van der Waals surface area contributed by atoms with Crippen LogP contribution in [0.5, 0.6) is 5.75 Å². The minimum atomic E-state index is -0.222. The summed E-state index contributed by atoms with van der Waals surface area (Å²) >= 11 is 7.78. The number of anilines is 1. The quantitative estimate of drug-likeness (QED) is 0.498. The highest BCUT2D eigenvalue weighted by Crippen LogP contribution is 2.42. The Labute approximate surface area is 213 Å². The second-order valence-corrected chi connectivity index (χ2v) is 9.60. The number of ether oxygens (including phenoxy) is 1. The van der Waals surface area contributed by atoms with Gasteiger partial charge >= 0.3 is 0 Å². The van der Waals surface area contributed by atoms with E-state index in [1.807, 2.05) is 19.1 Å². The average Bonchev–Trinajstić information content (AvgIpc) is 3.22. The predicted octanol–water partition coefficient (Wildman–Crippen LogP) is 4.78. The molecular formula is C26H26ClN3O4S. The fourth-order valence-electron chi connectivity index (χ4n) is 3.86. The lowest BCUT2D eigenvalue weighted by atomic mass is 10.0. The van der Waals surface area contributed by atoms with Gasteiger partial charge in [-0.05, 0) is 54.4 Å². The molecule has 0 saturated heterocycles. The van der Waals surface area contributed by atoms with Crippen LogP contribution in [0.1, 0.15) is 49.3 Å². The smallest absolute Gasteiger partial charge is 0.268 e. The molecule has 0 atom stereocenters. The standard InChI is InChI=1S/C26H26ClN3O4S/c1-4-10-29-25(32)16-6-8-19(27)20(12-16)30(3)26(33)22-14-15-9-11-34-21-13-17(24(31)28-2)5-7-18(21)23(15)35-22/h5-8,12-14H,4,9-11H2,1-3H3,(H,28,31)(H,29,32). The zero-order valence-electron chi connectivity index (χ0n) is 19.7. The zero-order valence-corrected chi connectivity index (χ0v) is 21.3. The number of benzene rings is 2. The maximum Gasteiger partial charge on any atom is 0.268 e. The maximum absolute atomic E-state index is 13.4. The van der Waals surface area contributed by atoms with Gasteiger partial charge in [-0.25, -0.2) is 0 Å². The number of hydrogen-bond donors (Lipinski definition) is 2. The molecule has 0 fully saturated rings. The van der Waals surface area contributed by atoms with Crippen LogP contribution in [0.25, 0.3) is 10.4 Å². The number of nitrogens with one attached hydrogen (secondary N) is 2. The molecule has 0 spiro atoms. The summed E-state index contributed by atoms with van der Waals surface area (Å²) in [7, 11) is 3.23. The van der Waals surface area contributed by atoms with Gasteiger partial charge in [0, 0.05) is 48.6 Å². The zero-order chi connectivity index (χ0) is 25.1. The molecule has 3 aromatic rings. The van der Waals surface area contributed by atoms with E-state index < -0.39 is 0 Å². The topological polar surface area (TPSA) is 87.7 Å². The van der Waals surface area contributed by atoms with Crippen LogP contribution < -0.4 is 20.3 Å². The van der Waals surface area contributed by atoms with E-state index >= 15 is 0 Å². The first-order valence-corrected chi connectivity index (χ1v) is 12.5. The molecule has 1 aliphatic rings. The van der Waals surface area contributed by atoms with Gasteiger partial charge in [-0.1, -0.05) is 18.5 Å². The molecule has 9 heteroatoms. The van der Waals surface area contributed by atoms with E-state index in [0.717, 1.165) is 22.4 Å². The molecular weight excluding hydrogens is 486 g/mol. The molecule has 0 saturated carbocycles. The molecule has 0 radical (unpaired) electrons. The highest BCUT2D eigenvalue weighted by Gasteiger charge is 2.25. The number of amides is 3. The Morgan fingerprint density at radius 3 is 2.57 bits per heavy atom. The van der Waals surface area contributed by atoms with Gasteiger partial charge < -0.3 is 20.3 Å². The molecule has 1 aromatic heterocycles. The van der Waals surface area contributed by atoms with Gasteiger partial charge in [-0.15, -0.1) is 11.3 Å². The summed E-state index contributed by atoms with van der Waals surface area (Å²) in [6, 6.07) is 12.1. The first-order chi connectivity index (χ1) is 16.8. The van der Waals surface area contributed by atoms with Crippen molar-refractivity contribution in [3.8, 4) is 16.2 Å². The minimum absolute atomic E-state index is 0.188. The molecule has 7 nitrogen and oxygen atoms in total. The van der Waals surface area contributed by atoms with E-state index in [1.165, 1.54) is 16.2 Å². The second-order valence-electron chi connectivity index (χ2n) is 8.14. The van der Waals surface area contributed by atoms with Crippen LogP contribution in [-0.2, 0) is 6.42 Å². The Morgan fingerprint density at radius 2 is 1.83 bits per heavy atom. The molecule has 2 heterocycles. The summed E-state index contributed by atoms with van der Waals surface area (Å²) in [5.41, 5.74) is 3.28. The van der Waals surface area contributed by atoms with Crippen molar-refractivity contribution in [3.05, 3.63) is 69.1 Å². The molecule has 4 rings (SSSR count). The summed E-state index contributed by atoms with van der Waals surface area (Å²) < 4.78 is 5.90. The minimum Gasteiger partial charge on any atom is -0.493 e. The van der Waals surface area contributed by atoms with E-state index in [9.17, 15) is 14.4 Å². The molecule has 35 heavy (non-hydrogen) atoms. The number of carbonyl (C=O) groups is 3. The fourth-order valence-corrected chi connectivity index (χ4v) is 5.32. The number of hydrogen-bond acceptors (Lipinski definition) is 5. The third-order valence-electron chi connectivity index (χ3n) is 5.77. The van der Waals surface area contributed by atoms with Crippen molar-refractivity contribution in [2.24, 2.45) is 0 Å². The molecule has 2 aromatic carbocycles. The number of nitrogens with zero attached hydrogens (tertiary/aromatic N) is 1. The van der Waals surface area contributed by atoms with E-state index in [1.54, 1.807) is 44.4 Å². The van der Waals surface area contributed by atoms with Crippen LogP contribution in [0, 0.1) is 0 Å². The third kappa shape index (κ3) is 5.04. The lowest BCUT2D eigenvalue weighted by Crippen LogP contribution is -2.27. The van der Waals surface area contributed by atoms with Crippen molar-refractivity contribution in [3.63, 3.8) is 0 Å². The van der Waals surface area contributed by atoms with Crippen molar-refractivity contribution in [2.75, 3.05) is 32.1 Å².